The molecule has 1 N–H and O–H groups in total. The van der Waals surface area contributed by atoms with E-state index in [1.807, 2.05) is 0 Å². The van der Waals surface area contributed by atoms with Crippen LogP contribution in [-0.4, -0.2) is 49.0 Å². The maximum absolute atomic E-state index is 10.0. The molecule has 0 aromatic rings. The molecule has 0 aromatic carbocycles. The molecule has 0 aliphatic carbocycles. The van der Waals surface area contributed by atoms with Gasteiger partial charge >= 0.3 is 0 Å². The van der Waals surface area contributed by atoms with Crippen LogP contribution >= 0.6 is 0 Å². The molecule has 0 bridgehead atoms. The fourth-order valence-electron chi connectivity index (χ4n) is 1.81. The van der Waals surface area contributed by atoms with Gasteiger partial charge in [-0.3, -0.25) is 0 Å². The van der Waals surface area contributed by atoms with E-state index in [-0.39, 0.29) is 12.2 Å². The second-order valence-electron chi connectivity index (χ2n) is 5.84. The smallest absolute Gasteiger partial charge is 0.0960 e. The number of likely N-dealkylation sites (N-methyl/N-ethyl adjacent to an activating group) is 1. The summed E-state index contributed by atoms with van der Waals surface area (Å²) >= 11 is 0. The van der Waals surface area contributed by atoms with E-state index in [2.05, 4.69) is 32.7 Å². The van der Waals surface area contributed by atoms with Gasteiger partial charge in [-0.05, 0) is 25.3 Å². The summed E-state index contributed by atoms with van der Waals surface area (Å²) in [5, 5.41) is 10.0. The van der Waals surface area contributed by atoms with Crippen LogP contribution in [0.2, 0.25) is 0 Å². The molecule has 0 aromatic heterocycles. The summed E-state index contributed by atoms with van der Waals surface area (Å²) in [5.41, 5.74) is 0.293. The van der Waals surface area contributed by atoms with Gasteiger partial charge in [0, 0.05) is 13.1 Å². The lowest BCUT2D eigenvalue weighted by molar-refractivity contribution is -0.0870. The largest absolute Gasteiger partial charge is 0.390 e. The predicted octanol–water partition coefficient (Wildman–Crippen LogP) is 1.50. The Bertz CT molecular complexity index is 189. The monoisotopic (exact) mass is 215 g/mol. The van der Waals surface area contributed by atoms with Crippen LogP contribution in [0.25, 0.3) is 0 Å². The third-order valence-corrected chi connectivity index (χ3v) is 2.92. The molecule has 90 valence electrons. The maximum atomic E-state index is 10.0. The zero-order chi connectivity index (χ0) is 11.5. The first-order valence-corrected chi connectivity index (χ1v) is 5.87. The van der Waals surface area contributed by atoms with E-state index in [0.29, 0.717) is 5.41 Å². The average Bonchev–Trinajstić information content (AvgIpc) is 2.13. The molecule has 0 saturated carbocycles. The van der Waals surface area contributed by atoms with Crippen LogP contribution in [0, 0.1) is 5.41 Å². The van der Waals surface area contributed by atoms with Crippen molar-refractivity contribution in [2.75, 3.05) is 26.7 Å². The van der Waals surface area contributed by atoms with Gasteiger partial charge < -0.3 is 14.7 Å². The Balaban J connectivity index is 2.29. The van der Waals surface area contributed by atoms with E-state index >= 15 is 0 Å². The van der Waals surface area contributed by atoms with Crippen LogP contribution in [0.3, 0.4) is 0 Å². The highest BCUT2D eigenvalue weighted by Crippen LogP contribution is 2.23. The molecular weight excluding hydrogens is 190 g/mol. The number of aliphatic hydroxyl groups is 1. The van der Waals surface area contributed by atoms with Crippen LogP contribution in [0.15, 0.2) is 0 Å². The Morgan fingerprint density at radius 2 is 2.13 bits per heavy atom. The number of hydrogen-bond acceptors (Lipinski definition) is 3. The molecule has 2 unspecified atom stereocenters. The third-order valence-electron chi connectivity index (χ3n) is 2.92. The second kappa shape index (κ2) is 5.28. The molecule has 1 aliphatic heterocycles. The summed E-state index contributed by atoms with van der Waals surface area (Å²) in [6.07, 6.45) is 1.57. The molecule has 1 fully saturated rings. The molecule has 1 saturated heterocycles. The Labute approximate surface area is 93.4 Å². The predicted molar refractivity (Wildman–Crippen MR) is 61.9 cm³/mol. The first kappa shape index (κ1) is 12.9. The fraction of sp³-hybridized carbons (Fsp3) is 1.00. The van der Waals surface area contributed by atoms with Gasteiger partial charge in [-0.15, -0.1) is 0 Å². The second-order valence-corrected chi connectivity index (χ2v) is 5.84. The van der Waals surface area contributed by atoms with Crippen molar-refractivity contribution >= 4 is 0 Å². The molecule has 1 heterocycles. The van der Waals surface area contributed by atoms with Crippen molar-refractivity contribution in [2.24, 2.45) is 5.41 Å². The minimum absolute atomic E-state index is 0.00565. The maximum Gasteiger partial charge on any atom is 0.0960 e. The normalized spacial score (nSPS) is 26.6. The van der Waals surface area contributed by atoms with Gasteiger partial charge in [-0.25, -0.2) is 0 Å². The lowest BCUT2D eigenvalue weighted by atomic mass is 9.88. The molecule has 1 aliphatic rings. The van der Waals surface area contributed by atoms with Crippen molar-refractivity contribution in [1.82, 2.24) is 4.90 Å². The first-order valence-electron chi connectivity index (χ1n) is 5.87. The van der Waals surface area contributed by atoms with Gasteiger partial charge in [0.2, 0.25) is 0 Å². The van der Waals surface area contributed by atoms with E-state index in [9.17, 15) is 5.11 Å². The van der Waals surface area contributed by atoms with Crippen LogP contribution in [0.5, 0.6) is 0 Å². The lowest BCUT2D eigenvalue weighted by Crippen LogP contribution is -2.46. The van der Waals surface area contributed by atoms with Crippen LogP contribution in [0.4, 0.5) is 0 Å². The summed E-state index contributed by atoms with van der Waals surface area (Å²) in [7, 11) is 2.08. The lowest BCUT2D eigenvalue weighted by Gasteiger charge is -2.33. The minimum atomic E-state index is -0.313. The summed E-state index contributed by atoms with van der Waals surface area (Å²) in [6.45, 7) is 9.18. The summed E-state index contributed by atoms with van der Waals surface area (Å²) in [5.74, 6) is 0. The molecule has 3 heteroatoms. The number of morpholine rings is 1. The highest BCUT2D eigenvalue weighted by atomic mass is 16.5. The standard InChI is InChI=1S/C12H25NO2/c1-12(2,3)6-5-10(14)11-9-13(4)7-8-15-11/h10-11,14H,5-9H2,1-4H3. The number of rotatable bonds is 3. The van der Waals surface area contributed by atoms with Crippen molar-refractivity contribution in [3.05, 3.63) is 0 Å². The van der Waals surface area contributed by atoms with E-state index < -0.39 is 0 Å². The van der Waals surface area contributed by atoms with Crippen molar-refractivity contribution in [3.63, 3.8) is 0 Å². The quantitative estimate of drug-likeness (QED) is 0.774. The summed E-state index contributed by atoms with van der Waals surface area (Å²) in [6, 6.07) is 0. The Morgan fingerprint density at radius 1 is 1.47 bits per heavy atom. The number of aliphatic hydroxyl groups excluding tert-OH is 1. The molecule has 15 heavy (non-hydrogen) atoms. The van der Waals surface area contributed by atoms with Gasteiger partial charge in [-0.2, -0.15) is 0 Å². The van der Waals surface area contributed by atoms with E-state index in [1.165, 1.54) is 0 Å². The highest BCUT2D eigenvalue weighted by molar-refractivity contribution is 4.77. The van der Waals surface area contributed by atoms with Gasteiger partial charge in [0.1, 0.15) is 0 Å². The van der Waals surface area contributed by atoms with Crippen molar-refractivity contribution in [1.29, 1.82) is 0 Å². The van der Waals surface area contributed by atoms with E-state index in [1.54, 1.807) is 0 Å². The Kier molecular flexibility index (Phi) is 4.56. The van der Waals surface area contributed by atoms with Gasteiger partial charge in [0.25, 0.3) is 0 Å². The number of ether oxygens (including phenoxy) is 1. The molecule has 3 nitrogen and oxygen atoms in total. The molecule has 1 rings (SSSR count). The summed E-state index contributed by atoms with van der Waals surface area (Å²) < 4.78 is 5.58. The molecule has 0 spiro atoms. The molecule has 0 radical (unpaired) electrons. The molecule has 0 amide bonds. The zero-order valence-corrected chi connectivity index (χ0v) is 10.5. The summed E-state index contributed by atoms with van der Waals surface area (Å²) in [4.78, 5) is 2.22. The number of hydrogen-bond donors (Lipinski definition) is 1. The van der Waals surface area contributed by atoms with Crippen molar-refractivity contribution in [3.8, 4) is 0 Å². The van der Waals surface area contributed by atoms with E-state index in [0.717, 1.165) is 32.5 Å². The van der Waals surface area contributed by atoms with Gasteiger partial charge in [0.05, 0.1) is 18.8 Å². The fourth-order valence-corrected chi connectivity index (χ4v) is 1.81. The van der Waals surface area contributed by atoms with Gasteiger partial charge in [0.15, 0.2) is 0 Å². The van der Waals surface area contributed by atoms with Gasteiger partial charge in [-0.1, -0.05) is 20.8 Å². The minimum Gasteiger partial charge on any atom is -0.390 e. The van der Waals surface area contributed by atoms with Crippen molar-refractivity contribution in [2.45, 2.75) is 45.8 Å². The van der Waals surface area contributed by atoms with Crippen LogP contribution in [-0.2, 0) is 4.74 Å². The van der Waals surface area contributed by atoms with Crippen LogP contribution < -0.4 is 0 Å². The number of nitrogens with zero attached hydrogens (tertiary/aromatic N) is 1. The van der Waals surface area contributed by atoms with E-state index in [4.69, 9.17) is 4.74 Å². The SMILES string of the molecule is CN1CCOC(C(O)CCC(C)(C)C)C1. The van der Waals surface area contributed by atoms with Crippen LogP contribution in [0.1, 0.15) is 33.6 Å². The van der Waals surface area contributed by atoms with Crippen molar-refractivity contribution < 1.29 is 9.84 Å². The highest BCUT2D eigenvalue weighted by Gasteiger charge is 2.26. The molecular formula is C12H25NO2. The first-order chi connectivity index (χ1) is 6.88. The zero-order valence-electron chi connectivity index (χ0n) is 10.5. The molecule has 2 atom stereocenters. The Hall–Kier alpha value is -0.120. The average molecular weight is 215 g/mol. The third kappa shape index (κ3) is 4.96. The topological polar surface area (TPSA) is 32.7 Å². The Morgan fingerprint density at radius 3 is 2.67 bits per heavy atom.